The van der Waals surface area contributed by atoms with E-state index in [1.165, 1.54) is 0 Å². The average Bonchev–Trinajstić information content (AvgIpc) is 2.75. The molecule has 1 unspecified atom stereocenters. The summed E-state index contributed by atoms with van der Waals surface area (Å²) < 4.78 is 10.8. The first kappa shape index (κ1) is 21.3. The molecule has 3 rings (SSSR count). The van der Waals surface area contributed by atoms with Crippen LogP contribution < -0.4 is 5.32 Å². The van der Waals surface area contributed by atoms with Crippen LogP contribution in [0.3, 0.4) is 0 Å². The predicted octanol–water partition coefficient (Wildman–Crippen LogP) is 4.99. The van der Waals surface area contributed by atoms with Gasteiger partial charge in [-0.25, -0.2) is 4.79 Å². The summed E-state index contributed by atoms with van der Waals surface area (Å²) in [6.45, 7) is 4.26. The lowest BCUT2D eigenvalue weighted by Gasteiger charge is -2.19. The number of anilines is 1. The minimum absolute atomic E-state index is 0.366. The highest BCUT2D eigenvalue weighted by Gasteiger charge is 2.26. The van der Waals surface area contributed by atoms with Gasteiger partial charge in [-0.1, -0.05) is 54.6 Å². The average molecular weight is 403 g/mol. The molecule has 0 saturated heterocycles. The van der Waals surface area contributed by atoms with Gasteiger partial charge in [-0.05, 0) is 48.7 Å². The standard InChI is InChI=1S/C25H25NO4/c1-17-12-13-18(2)22(14-17)26-24(27)23(20-9-5-4-6-10-20)30-25(28)21-11-7-8-19(15-21)16-29-3/h4-15,23H,16H2,1-3H3,(H,26,27). The molecule has 3 aromatic carbocycles. The number of ether oxygens (including phenoxy) is 2. The Balaban J connectivity index is 1.86. The van der Waals surface area contributed by atoms with Crippen molar-refractivity contribution in [3.63, 3.8) is 0 Å². The zero-order chi connectivity index (χ0) is 21.5. The molecule has 5 heteroatoms. The van der Waals surface area contributed by atoms with Crippen molar-refractivity contribution in [3.05, 3.63) is 101 Å². The first-order valence-electron chi connectivity index (χ1n) is 9.70. The lowest BCUT2D eigenvalue weighted by atomic mass is 10.1. The van der Waals surface area contributed by atoms with Gasteiger partial charge in [0.05, 0.1) is 12.2 Å². The monoisotopic (exact) mass is 403 g/mol. The molecule has 5 nitrogen and oxygen atoms in total. The normalized spacial score (nSPS) is 11.6. The van der Waals surface area contributed by atoms with Gasteiger partial charge in [0.25, 0.3) is 5.91 Å². The van der Waals surface area contributed by atoms with Crippen molar-refractivity contribution < 1.29 is 19.1 Å². The summed E-state index contributed by atoms with van der Waals surface area (Å²) in [7, 11) is 1.59. The molecule has 0 aromatic heterocycles. The quantitative estimate of drug-likeness (QED) is 0.565. The summed E-state index contributed by atoms with van der Waals surface area (Å²) in [5, 5.41) is 2.90. The van der Waals surface area contributed by atoms with Gasteiger partial charge in [0.1, 0.15) is 0 Å². The minimum atomic E-state index is -1.08. The number of hydrogen-bond acceptors (Lipinski definition) is 4. The maximum Gasteiger partial charge on any atom is 0.339 e. The van der Waals surface area contributed by atoms with Gasteiger partial charge in [0.2, 0.25) is 6.10 Å². The molecule has 30 heavy (non-hydrogen) atoms. The van der Waals surface area contributed by atoms with Crippen molar-refractivity contribution in [2.75, 3.05) is 12.4 Å². The minimum Gasteiger partial charge on any atom is -0.444 e. The lowest BCUT2D eigenvalue weighted by Crippen LogP contribution is -2.26. The third-order valence-corrected chi connectivity index (χ3v) is 4.69. The SMILES string of the molecule is COCc1cccc(C(=O)OC(C(=O)Nc2cc(C)ccc2C)c2ccccc2)c1. The first-order chi connectivity index (χ1) is 14.5. The van der Waals surface area contributed by atoms with Crippen molar-refractivity contribution in [3.8, 4) is 0 Å². The fraction of sp³-hybridized carbons (Fsp3) is 0.200. The number of amides is 1. The molecule has 0 radical (unpaired) electrons. The van der Waals surface area contributed by atoms with Crippen LogP contribution in [0.15, 0.2) is 72.8 Å². The Morgan fingerprint density at radius 2 is 1.70 bits per heavy atom. The fourth-order valence-electron chi connectivity index (χ4n) is 3.10. The zero-order valence-corrected chi connectivity index (χ0v) is 17.3. The highest BCUT2D eigenvalue weighted by atomic mass is 16.5. The van der Waals surface area contributed by atoms with E-state index in [4.69, 9.17) is 9.47 Å². The molecule has 0 fully saturated rings. The fourth-order valence-corrected chi connectivity index (χ4v) is 3.10. The van der Waals surface area contributed by atoms with E-state index in [2.05, 4.69) is 5.32 Å². The van der Waals surface area contributed by atoms with Crippen LogP contribution >= 0.6 is 0 Å². The van der Waals surface area contributed by atoms with Crippen LogP contribution in [-0.2, 0) is 20.9 Å². The van der Waals surface area contributed by atoms with Crippen molar-refractivity contribution in [2.24, 2.45) is 0 Å². The lowest BCUT2D eigenvalue weighted by molar-refractivity contribution is -0.125. The van der Waals surface area contributed by atoms with E-state index in [9.17, 15) is 9.59 Å². The summed E-state index contributed by atoms with van der Waals surface area (Å²) in [5.41, 5.74) is 4.47. The number of rotatable bonds is 7. The van der Waals surface area contributed by atoms with E-state index in [0.29, 0.717) is 23.4 Å². The van der Waals surface area contributed by atoms with Crippen molar-refractivity contribution in [1.82, 2.24) is 0 Å². The number of nitrogens with one attached hydrogen (secondary N) is 1. The molecule has 154 valence electrons. The van der Waals surface area contributed by atoms with Crippen molar-refractivity contribution >= 4 is 17.6 Å². The highest BCUT2D eigenvalue weighted by Crippen LogP contribution is 2.24. The maximum absolute atomic E-state index is 13.1. The van der Waals surface area contributed by atoms with Crippen LogP contribution in [0.25, 0.3) is 0 Å². The molecule has 0 saturated carbocycles. The second-order valence-electron chi connectivity index (χ2n) is 7.14. The molecule has 1 atom stereocenters. The van der Waals surface area contributed by atoms with Crippen LogP contribution in [0.2, 0.25) is 0 Å². The number of carbonyl (C=O) groups is 2. The topological polar surface area (TPSA) is 64.6 Å². The molecule has 1 amide bonds. The van der Waals surface area contributed by atoms with E-state index in [0.717, 1.165) is 16.7 Å². The summed E-state index contributed by atoms with van der Waals surface area (Å²) in [6, 6.07) is 21.8. The molecule has 0 aliphatic heterocycles. The summed E-state index contributed by atoms with van der Waals surface area (Å²) in [6.07, 6.45) is -1.08. The maximum atomic E-state index is 13.1. The third-order valence-electron chi connectivity index (χ3n) is 4.69. The molecular formula is C25H25NO4. The molecule has 0 bridgehead atoms. The van der Waals surface area contributed by atoms with Gasteiger partial charge in [-0.3, -0.25) is 4.79 Å². The summed E-state index contributed by atoms with van der Waals surface area (Å²) in [4.78, 5) is 25.9. The van der Waals surface area contributed by atoms with Gasteiger partial charge >= 0.3 is 5.97 Å². The second-order valence-corrected chi connectivity index (χ2v) is 7.14. The Labute approximate surface area is 176 Å². The van der Waals surface area contributed by atoms with E-state index in [-0.39, 0.29) is 0 Å². The number of hydrogen-bond donors (Lipinski definition) is 1. The first-order valence-corrected chi connectivity index (χ1v) is 9.70. The van der Waals surface area contributed by atoms with E-state index in [1.807, 2.05) is 44.2 Å². The molecular weight excluding hydrogens is 378 g/mol. The predicted molar refractivity (Wildman–Crippen MR) is 116 cm³/mol. The highest BCUT2D eigenvalue weighted by molar-refractivity contribution is 5.98. The Hall–Kier alpha value is -3.44. The van der Waals surface area contributed by atoms with E-state index in [1.54, 1.807) is 49.6 Å². The summed E-state index contributed by atoms with van der Waals surface area (Å²) in [5.74, 6) is -0.978. The largest absolute Gasteiger partial charge is 0.444 e. The number of aryl methyl sites for hydroxylation is 2. The van der Waals surface area contributed by atoms with Gasteiger partial charge in [-0.15, -0.1) is 0 Å². The van der Waals surface area contributed by atoms with Gasteiger partial charge in [0, 0.05) is 18.4 Å². The molecule has 0 heterocycles. The third kappa shape index (κ3) is 5.33. The molecule has 0 spiro atoms. The van der Waals surface area contributed by atoms with Crippen molar-refractivity contribution in [1.29, 1.82) is 0 Å². The molecule has 0 aliphatic carbocycles. The van der Waals surface area contributed by atoms with Crippen LogP contribution in [0.1, 0.15) is 38.7 Å². The van der Waals surface area contributed by atoms with Crippen molar-refractivity contribution in [2.45, 2.75) is 26.6 Å². The number of benzene rings is 3. The van der Waals surface area contributed by atoms with Crippen LogP contribution in [0, 0.1) is 13.8 Å². The van der Waals surface area contributed by atoms with E-state index >= 15 is 0 Å². The van der Waals surface area contributed by atoms with E-state index < -0.39 is 18.0 Å². The Kier molecular flexibility index (Phi) is 6.99. The van der Waals surface area contributed by atoms with Gasteiger partial charge in [-0.2, -0.15) is 0 Å². The van der Waals surface area contributed by atoms with Gasteiger partial charge < -0.3 is 14.8 Å². The number of methoxy groups -OCH3 is 1. The Morgan fingerprint density at radius 3 is 2.43 bits per heavy atom. The second kappa shape index (κ2) is 9.85. The Morgan fingerprint density at radius 1 is 0.933 bits per heavy atom. The number of carbonyl (C=O) groups excluding carboxylic acids is 2. The van der Waals surface area contributed by atoms with Crippen LogP contribution in [-0.4, -0.2) is 19.0 Å². The molecule has 0 aliphatic rings. The molecule has 3 aromatic rings. The number of esters is 1. The smallest absolute Gasteiger partial charge is 0.339 e. The zero-order valence-electron chi connectivity index (χ0n) is 17.3. The van der Waals surface area contributed by atoms with Crippen LogP contribution in [0.5, 0.6) is 0 Å². The molecule has 1 N–H and O–H groups in total. The van der Waals surface area contributed by atoms with Crippen LogP contribution in [0.4, 0.5) is 5.69 Å². The van der Waals surface area contributed by atoms with Gasteiger partial charge in [0.15, 0.2) is 0 Å². The Bertz CT molecular complexity index is 1030. The summed E-state index contributed by atoms with van der Waals surface area (Å²) >= 11 is 0.